The highest BCUT2D eigenvalue weighted by Crippen LogP contribution is 2.35. The Hall–Kier alpha value is -1.30. The van der Waals surface area contributed by atoms with E-state index in [4.69, 9.17) is 4.74 Å². The van der Waals surface area contributed by atoms with Crippen molar-refractivity contribution in [1.29, 1.82) is 0 Å². The fraction of sp³-hybridized carbons (Fsp3) is 0.867. The van der Waals surface area contributed by atoms with Crippen LogP contribution in [0.1, 0.15) is 45.4 Å². The number of ether oxygens (including phenoxy) is 1. The lowest BCUT2D eigenvalue weighted by atomic mass is 9.83. The van der Waals surface area contributed by atoms with Gasteiger partial charge in [0.1, 0.15) is 0 Å². The van der Waals surface area contributed by atoms with Crippen LogP contribution >= 0.6 is 0 Å². The van der Waals surface area contributed by atoms with Crippen LogP contribution in [0.4, 0.5) is 4.79 Å². The Morgan fingerprint density at radius 1 is 1.43 bits per heavy atom. The zero-order valence-corrected chi connectivity index (χ0v) is 12.8. The molecule has 2 aliphatic rings. The minimum atomic E-state index is -0.782. The van der Waals surface area contributed by atoms with E-state index in [1.165, 1.54) is 0 Å². The van der Waals surface area contributed by atoms with Gasteiger partial charge in [-0.25, -0.2) is 4.79 Å². The summed E-state index contributed by atoms with van der Waals surface area (Å²) >= 11 is 0. The number of carboxylic acids is 1. The molecule has 0 bridgehead atoms. The van der Waals surface area contributed by atoms with Gasteiger partial charge in [-0.05, 0) is 32.1 Å². The highest BCUT2D eigenvalue weighted by molar-refractivity contribution is 5.79. The van der Waals surface area contributed by atoms with Gasteiger partial charge in [-0.1, -0.05) is 13.3 Å². The summed E-state index contributed by atoms with van der Waals surface area (Å²) in [6.45, 7) is 4.09. The minimum Gasteiger partial charge on any atom is -0.481 e. The quantitative estimate of drug-likeness (QED) is 0.812. The third-order valence-corrected chi connectivity index (χ3v) is 4.58. The number of amides is 2. The van der Waals surface area contributed by atoms with Crippen LogP contribution in [-0.4, -0.2) is 54.4 Å². The Bertz CT molecular complexity index is 382. The van der Waals surface area contributed by atoms with E-state index >= 15 is 0 Å². The molecule has 0 aliphatic carbocycles. The molecule has 120 valence electrons. The number of carbonyl (C=O) groups is 2. The van der Waals surface area contributed by atoms with Crippen molar-refractivity contribution in [3.05, 3.63) is 0 Å². The molecular formula is C15H26N2O4. The van der Waals surface area contributed by atoms with Crippen LogP contribution in [0.15, 0.2) is 0 Å². The van der Waals surface area contributed by atoms with Crippen LogP contribution in [0.3, 0.4) is 0 Å². The summed E-state index contributed by atoms with van der Waals surface area (Å²) in [7, 11) is 0. The van der Waals surface area contributed by atoms with E-state index in [2.05, 4.69) is 5.32 Å². The van der Waals surface area contributed by atoms with E-state index < -0.39 is 11.4 Å². The van der Waals surface area contributed by atoms with E-state index in [-0.39, 0.29) is 12.1 Å². The monoisotopic (exact) mass is 298 g/mol. The van der Waals surface area contributed by atoms with Gasteiger partial charge in [-0.3, -0.25) is 4.79 Å². The second-order valence-corrected chi connectivity index (χ2v) is 6.18. The summed E-state index contributed by atoms with van der Waals surface area (Å²) < 4.78 is 5.58. The van der Waals surface area contributed by atoms with Gasteiger partial charge in [0.25, 0.3) is 0 Å². The van der Waals surface area contributed by atoms with E-state index in [9.17, 15) is 14.7 Å². The molecule has 21 heavy (non-hydrogen) atoms. The third kappa shape index (κ3) is 3.87. The molecule has 0 aromatic carbocycles. The van der Waals surface area contributed by atoms with E-state index in [1.54, 1.807) is 4.90 Å². The molecule has 0 radical (unpaired) electrons. The van der Waals surface area contributed by atoms with Gasteiger partial charge >= 0.3 is 12.0 Å². The molecule has 0 aromatic heterocycles. The molecule has 2 unspecified atom stereocenters. The zero-order chi connectivity index (χ0) is 15.3. The Labute approximate surface area is 125 Å². The molecule has 2 amide bonds. The van der Waals surface area contributed by atoms with Crippen molar-refractivity contribution in [2.45, 2.75) is 51.6 Å². The molecular weight excluding hydrogens is 272 g/mol. The topological polar surface area (TPSA) is 78.9 Å². The Morgan fingerprint density at radius 3 is 2.86 bits per heavy atom. The normalized spacial score (nSPS) is 29.4. The maximum absolute atomic E-state index is 12.2. The summed E-state index contributed by atoms with van der Waals surface area (Å²) in [5.74, 6) is -0.782. The molecule has 2 heterocycles. The third-order valence-electron chi connectivity index (χ3n) is 4.58. The second kappa shape index (κ2) is 7.11. The van der Waals surface area contributed by atoms with Crippen molar-refractivity contribution in [3.8, 4) is 0 Å². The lowest BCUT2D eigenvalue weighted by molar-refractivity contribution is -0.148. The molecule has 0 saturated carbocycles. The molecule has 0 aromatic rings. The highest BCUT2D eigenvalue weighted by atomic mass is 16.5. The molecule has 2 fully saturated rings. The van der Waals surface area contributed by atoms with Gasteiger partial charge in [0, 0.05) is 26.2 Å². The summed E-state index contributed by atoms with van der Waals surface area (Å²) in [5.41, 5.74) is -0.757. The molecule has 6 nitrogen and oxygen atoms in total. The predicted octanol–water partition coefficient (Wildman–Crippen LogP) is 1.84. The molecule has 2 rings (SSSR count). The van der Waals surface area contributed by atoms with Gasteiger partial charge in [0.2, 0.25) is 0 Å². The highest BCUT2D eigenvalue weighted by Gasteiger charge is 2.45. The number of urea groups is 1. The Balaban J connectivity index is 1.82. The van der Waals surface area contributed by atoms with Crippen LogP contribution in [0.2, 0.25) is 0 Å². The van der Waals surface area contributed by atoms with Crippen LogP contribution < -0.4 is 5.32 Å². The maximum atomic E-state index is 12.2. The van der Waals surface area contributed by atoms with E-state index in [1.807, 2.05) is 6.92 Å². The van der Waals surface area contributed by atoms with Crippen molar-refractivity contribution >= 4 is 12.0 Å². The lowest BCUT2D eigenvalue weighted by Crippen LogP contribution is -2.44. The summed E-state index contributed by atoms with van der Waals surface area (Å²) in [5, 5.41) is 12.3. The van der Waals surface area contributed by atoms with Crippen molar-refractivity contribution in [3.63, 3.8) is 0 Å². The SMILES string of the molecule is CCCC1(C(=O)O)CCN(C(=O)NCC2CCCCO2)C1. The number of rotatable bonds is 5. The largest absolute Gasteiger partial charge is 0.481 e. The summed E-state index contributed by atoms with van der Waals surface area (Å²) in [6, 6.07) is -0.164. The number of carbonyl (C=O) groups excluding carboxylic acids is 1. The van der Waals surface area contributed by atoms with Crippen molar-refractivity contribution in [2.24, 2.45) is 5.41 Å². The standard InChI is InChI=1S/C15H26N2O4/c1-2-6-15(13(18)19)7-8-17(11-15)14(20)16-10-12-5-3-4-9-21-12/h12H,2-11H2,1H3,(H,16,20)(H,18,19). The van der Waals surface area contributed by atoms with Gasteiger partial charge < -0.3 is 20.1 Å². The van der Waals surface area contributed by atoms with E-state index in [0.717, 1.165) is 32.3 Å². The maximum Gasteiger partial charge on any atom is 0.317 e. The number of aliphatic carboxylic acids is 1. The average molecular weight is 298 g/mol. The zero-order valence-electron chi connectivity index (χ0n) is 12.8. The molecule has 6 heteroatoms. The van der Waals surface area contributed by atoms with Crippen molar-refractivity contribution < 1.29 is 19.4 Å². The van der Waals surface area contributed by atoms with Crippen LogP contribution in [0.5, 0.6) is 0 Å². The molecule has 0 spiro atoms. The van der Waals surface area contributed by atoms with Gasteiger partial charge in [-0.2, -0.15) is 0 Å². The average Bonchev–Trinajstić information content (AvgIpc) is 2.92. The van der Waals surface area contributed by atoms with Crippen molar-refractivity contribution in [2.75, 3.05) is 26.2 Å². The first-order chi connectivity index (χ1) is 10.1. The minimum absolute atomic E-state index is 0.102. The van der Waals surface area contributed by atoms with Gasteiger partial charge in [0.05, 0.1) is 11.5 Å². The number of nitrogens with one attached hydrogen (secondary N) is 1. The first-order valence-corrected chi connectivity index (χ1v) is 7.95. The fourth-order valence-electron chi connectivity index (χ4n) is 3.29. The molecule has 2 atom stereocenters. The number of likely N-dealkylation sites (tertiary alicyclic amines) is 1. The van der Waals surface area contributed by atoms with Crippen LogP contribution in [0, 0.1) is 5.41 Å². The van der Waals surface area contributed by atoms with Gasteiger partial charge in [-0.15, -0.1) is 0 Å². The molecule has 2 saturated heterocycles. The first kappa shape index (κ1) is 16.1. The first-order valence-electron chi connectivity index (χ1n) is 7.95. The Kier molecular flexibility index (Phi) is 5.45. The fourth-order valence-corrected chi connectivity index (χ4v) is 3.29. The van der Waals surface area contributed by atoms with Crippen LogP contribution in [-0.2, 0) is 9.53 Å². The lowest BCUT2D eigenvalue weighted by Gasteiger charge is -2.26. The van der Waals surface area contributed by atoms with E-state index in [0.29, 0.717) is 32.5 Å². The number of carboxylic acid groups (broad SMARTS) is 1. The van der Waals surface area contributed by atoms with Crippen molar-refractivity contribution in [1.82, 2.24) is 10.2 Å². The number of hydrogen-bond acceptors (Lipinski definition) is 3. The van der Waals surface area contributed by atoms with Crippen LogP contribution in [0.25, 0.3) is 0 Å². The molecule has 2 N–H and O–H groups in total. The van der Waals surface area contributed by atoms with Gasteiger partial charge in [0.15, 0.2) is 0 Å². The summed E-state index contributed by atoms with van der Waals surface area (Å²) in [4.78, 5) is 25.3. The number of nitrogens with zero attached hydrogens (tertiary/aromatic N) is 1. The predicted molar refractivity (Wildman–Crippen MR) is 78.2 cm³/mol. The number of hydrogen-bond donors (Lipinski definition) is 2. The second-order valence-electron chi connectivity index (χ2n) is 6.18. The molecule has 2 aliphatic heterocycles. The Morgan fingerprint density at radius 2 is 2.24 bits per heavy atom. The summed E-state index contributed by atoms with van der Waals surface area (Å²) in [6.07, 6.45) is 5.30. The smallest absolute Gasteiger partial charge is 0.317 e.